The fraction of sp³-hybridized carbons (Fsp3) is 0.941. The van der Waals surface area contributed by atoms with Gasteiger partial charge in [-0.15, -0.1) is 0 Å². The molecule has 122 valence electrons. The van der Waals surface area contributed by atoms with Crippen LogP contribution in [0, 0.1) is 0 Å². The highest BCUT2D eigenvalue weighted by atomic mass is 16.2. The number of rotatable bonds is 5. The molecule has 0 spiro atoms. The number of nitrogens with one attached hydrogen (secondary N) is 2. The molecule has 2 rings (SSSR count). The molecule has 3 unspecified atom stereocenters. The van der Waals surface area contributed by atoms with Gasteiger partial charge < -0.3 is 10.6 Å². The Morgan fingerprint density at radius 3 is 2.29 bits per heavy atom. The van der Waals surface area contributed by atoms with Crippen LogP contribution in [0.1, 0.15) is 66.7 Å². The number of hydrogen-bond donors (Lipinski definition) is 2. The van der Waals surface area contributed by atoms with Gasteiger partial charge in [0.2, 0.25) is 5.91 Å². The maximum Gasteiger partial charge on any atom is 0.237 e. The van der Waals surface area contributed by atoms with Gasteiger partial charge in [0, 0.05) is 23.7 Å². The van der Waals surface area contributed by atoms with Crippen LogP contribution in [0.25, 0.3) is 0 Å². The molecular weight excluding hydrogens is 262 g/mol. The summed E-state index contributed by atoms with van der Waals surface area (Å²) in [5, 5.41) is 6.81. The fourth-order valence-electron chi connectivity index (χ4n) is 3.97. The normalized spacial score (nSPS) is 31.2. The van der Waals surface area contributed by atoms with E-state index in [0.29, 0.717) is 18.1 Å². The first-order valence-electron chi connectivity index (χ1n) is 8.64. The van der Waals surface area contributed by atoms with Crippen molar-refractivity contribution < 1.29 is 4.79 Å². The molecule has 2 heterocycles. The second-order valence-corrected chi connectivity index (χ2v) is 7.87. The molecule has 3 atom stereocenters. The maximum atomic E-state index is 12.5. The highest BCUT2D eigenvalue weighted by Gasteiger charge is 2.44. The average molecular weight is 295 g/mol. The molecule has 0 aromatic rings. The number of hydrogen-bond acceptors (Lipinski definition) is 3. The van der Waals surface area contributed by atoms with Gasteiger partial charge in [0.25, 0.3) is 0 Å². The molecule has 2 saturated heterocycles. The average Bonchev–Trinajstić information content (AvgIpc) is 2.64. The summed E-state index contributed by atoms with van der Waals surface area (Å²) in [6, 6.07) is 1.81. The number of nitrogens with zero attached hydrogens (tertiary/aromatic N) is 1. The van der Waals surface area contributed by atoms with Crippen LogP contribution in [0.15, 0.2) is 0 Å². The van der Waals surface area contributed by atoms with E-state index in [4.69, 9.17) is 0 Å². The summed E-state index contributed by atoms with van der Waals surface area (Å²) >= 11 is 0. The van der Waals surface area contributed by atoms with Crippen LogP contribution in [0.4, 0.5) is 0 Å². The van der Waals surface area contributed by atoms with E-state index in [0.717, 1.165) is 6.54 Å². The zero-order valence-electron chi connectivity index (χ0n) is 14.4. The smallest absolute Gasteiger partial charge is 0.237 e. The lowest BCUT2D eigenvalue weighted by molar-refractivity contribution is -0.129. The molecule has 0 aliphatic carbocycles. The molecule has 2 bridgehead atoms. The molecule has 0 saturated carbocycles. The SMILES string of the molecule is CCCNC1CC2CCC(C1)N2C(C)C(=O)NC(C)(C)C. The Morgan fingerprint density at radius 1 is 1.24 bits per heavy atom. The minimum absolute atomic E-state index is 0.00569. The van der Waals surface area contributed by atoms with Crippen LogP contribution in [0.2, 0.25) is 0 Å². The van der Waals surface area contributed by atoms with Crippen molar-refractivity contribution in [1.29, 1.82) is 0 Å². The van der Waals surface area contributed by atoms with Crippen molar-refractivity contribution in [2.24, 2.45) is 0 Å². The largest absolute Gasteiger partial charge is 0.350 e. The lowest BCUT2D eigenvalue weighted by Gasteiger charge is -2.42. The van der Waals surface area contributed by atoms with Gasteiger partial charge in [-0.05, 0) is 66.3 Å². The third-order valence-electron chi connectivity index (χ3n) is 4.80. The van der Waals surface area contributed by atoms with Gasteiger partial charge in [-0.2, -0.15) is 0 Å². The van der Waals surface area contributed by atoms with Crippen LogP contribution in [0.5, 0.6) is 0 Å². The van der Waals surface area contributed by atoms with Gasteiger partial charge in [0.1, 0.15) is 0 Å². The lowest BCUT2D eigenvalue weighted by atomic mass is 9.95. The molecule has 2 aliphatic heterocycles. The van der Waals surface area contributed by atoms with Gasteiger partial charge in [-0.1, -0.05) is 6.92 Å². The Morgan fingerprint density at radius 2 is 1.81 bits per heavy atom. The van der Waals surface area contributed by atoms with Crippen molar-refractivity contribution in [3.63, 3.8) is 0 Å². The summed E-state index contributed by atoms with van der Waals surface area (Å²) in [6.07, 6.45) is 6.09. The van der Waals surface area contributed by atoms with E-state index in [9.17, 15) is 4.79 Å². The van der Waals surface area contributed by atoms with Crippen LogP contribution < -0.4 is 10.6 Å². The summed E-state index contributed by atoms with van der Waals surface area (Å²) in [5.41, 5.74) is -0.147. The molecule has 2 fully saturated rings. The topological polar surface area (TPSA) is 44.4 Å². The fourth-order valence-corrected chi connectivity index (χ4v) is 3.97. The Labute approximate surface area is 130 Å². The van der Waals surface area contributed by atoms with E-state index < -0.39 is 0 Å². The summed E-state index contributed by atoms with van der Waals surface area (Å²) in [6.45, 7) is 11.6. The minimum Gasteiger partial charge on any atom is -0.350 e. The van der Waals surface area contributed by atoms with Crippen molar-refractivity contribution in [3.05, 3.63) is 0 Å². The molecule has 2 aliphatic rings. The van der Waals surface area contributed by atoms with Crippen LogP contribution in [-0.4, -0.2) is 47.1 Å². The number of carbonyl (C=O) groups is 1. The van der Waals surface area contributed by atoms with E-state index in [1.54, 1.807) is 0 Å². The lowest BCUT2D eigenvalue weighted by Crippen LogP contribution is -2.58. The van der Waals surface area contributed by atoms with Crippen molar-refractivity contribution in [2.45, 2.75) is 96.4 Å². The van der Waals surface area contributed by atoms with E-state index in [1.165, 1.54) is 32.1 Å². The Hall–Kier alpha value is -0.610. The molecule has 21 heavy (non-hydrogen) atoms. The first-order valence-corrected chi connectivity index (χ1v) is 8.64. The van der Waals surface area contributed by atoms with E-state index in [2.05, 4.69) is 29.4 Å². The first-order chi connectivity index (χ1) is 9.81. The molecule has 0 aromatic carbocycles. The maximum absolute atomic E-state index is 12.5. The van der Waals surface area contributed by atoms with Gasteiger partial charge in [0.15, 0.2) is 0 Å². The highest BCUT2D eigenvalue weighted by Crippen LogP contribution is 2.37. The number of piperidine rings is 1. The Kier molecular flexibility index (Phi) is 5.31. The van der Waals surface area contributed by atoms with Gasteiger partial charge in [0.05, 0.1) is 6.04 Å². The van der Waals surface area contributed by atoms with Crippen molar-refractivity contribution >= 4 is 5.91 Å². The summed E-state index contributed by atoms with van der Waals surface area (Å²) in [5.74, 6) is 0.180. The van der Waals surface area contributed by atoms with Crippen LogP contribution >= 0.6 is 0 Å². The quantitative estimate of drug-likeness (QED) is 0.818. The first kappa shape index (κ1) is 16.8. The molecule has 4 heteroatoms. The van der Waals surface area contributed by atoms with Crippen LogP contribution in [0.3, 0.4) is 0 Å². The predicted molar refractivity (Wildman–Crippen MR) is 87.3 cm³/mol. The molecule has 2 N–H and O–H groups in total. The Balaban J connectivity index is 1.94. The number of fused-ring (bicyclic) bond motifs is 2. The van der Waals surface area contributed by atoms with Gasteiger partial charge in [-0.25, -0.2) is 0 Å². The molecule has 0 aromatic heterocycles. The highest BCUT2D eigenvalue weighted by molar-refractivity contribution is 5.82. The zero-order chi connectivity index (χ0) is 15.6. The standard InChI is InChI=1S/C17H33N3O/c1-6-9-18-13-10-14-7-8-15(11-13)20(14)12(2)16(21)19-17(3,4)5/h12-15,18H,6-11H2,1-5H3,(H,19,21). The molecule has 0 radical (unpaired) electrons. The molecule has 4 nitrogen and oxygen atoms in total. The second-order valence-electron chi connectivity index (χ2n) is 7.87. The monoisotopic (exact) mass is 295 g/mol. The summed E-state index contributed by atoms with van der Waals surface area (Å²) in [4.78, 5) is 15.0. The number of carbonyl (C=O) groups excluding carboxylic acids is 1. The molecular formula is C17H33N3O. The zero-order valence-corrected chi connectivity index (χ0v) is 14.4. The number of amides is 1. The summed E-state index contributed by atoms with van der Waals surface area (Å²) in [7, 11) is 0. The van der Waals surface area contributed by atoms with Gasteiger partial charge in [-0.3, -0.25) is 9.69 Å². The van der Waals surface area contributed by atoms with Crippen molar-refractivity contribution in [1.82, 2.24) is 15.5 Å². The van der Waals surface area contributed by atoms with E-state index in [-0.39, 0.29) is 17.5 Å². The third-order valence-corrected chi connectivity index (χ3v) is 4.80. The van der Waals surface area contributed by atoms with Crippen LogP contribution in [-0.2, 0) is 4.79 Å². The Bertz CT molecular complexity index is 350. The van der Waals surface area contributed by atoms with Crippen molar-refractivity contribution in [2.75, 3.05) is 6.54 Å². The van der Waals surface area contributed by atoms with Gasteiger partial charge >= 0.3 is 0 Å². The van der Waals surface area contributed by atoms with Crippen molar-refractivity contribution in [3.8, 4) is 0 Å². The minimum atomic E-state index is -0.147. The molecule has 1 amide bonds. The third kappa shape index (κ3) is 4.19. The summed E-state index contributed by atoms with van der Waals surface area (Å²) < 4.78 is 0. The predicted octanol–water partition coefficient (Wildman–Crippen LogP) is 2.28. The van der Waals surface area contributed by atoms with E-state index in [1.807, 2.05) is 20.8 Å². The second kappa shape index (κ2) is 6.66. The van der Waals surface area contributed by atoms with E-state index >= 15 is 0 Å².